The van der Waals surface area contributed by atoms with Gasteiger partial charge in [-0.05, 0) is 12.8 Å². The number of carbonyl (C=O) groups is 2. The first-order valence-corrected chi connectivity index (χ1v) is 5.26. The van der Waals surface area contributed by atoms with Crippen LogP contribution < -0.4 is 0 Å². The van der Waals surface area contributed by atoms with Gasteiger partial charge in [-0.25, -0.2) is 0 Å². The van der Waals surface area contributed by atoms with E-state index in [1.165, 1.54) is 0 Å². The van der Waals surface area contributed by atoms with E-state index in [1.807, 2.05) is 6.92 Å². The molecule has 0 atom stereocenters. The minimum absolute atomic E-state index is 0.368. The van der Waals surface area contributed by atoms with Crippen molar-refractivity contribution in [2.24, 2.45) is 0 Å². The largest absolute Gasteiger partial charge is 0.303 e. The van der Waals surface area contributed by atoms with Crippen LogP contribution in [0.4, 0.5) is 0 Å². The van der Waals surface area contributed by atoms with Crippen molar-refractivity contribution in [3.8, 4) is 0 Å². The Morgan fingerprint density at radius 2 is 1.69 bits per heavy atom. The molecule has 0 amide bonds. The molecular formula is C11H20O2. The molecule has 0 heterocycles. The summed E-state index contributed by atoms with van der Waals surface area (Å²) >= 11 is 0. The Morgan fingerprint density at radius 1 is 1.08 bits per heavy atom. The fourth-order valence-corrected chi connectivity index (χ4v) is 1.26. The van der Waals surface area contributed by atoms with Crippen molar-refractivity contribution in [3.05, 3.63) is 0 Å². The van der Waals surface area contributed by atoms with Crippen LogP contribution in [0.2, 0.25) is 0 Å². The van der Waals surface area contributed by atoms with E-state index >= 15 is 0 Å². The van der Waals surface area contributed by atoms with Crippen LogP contribution in [-0.2, 0) is 9.59 Å². The second-order valence-electron chi connectivity index (χ2n) is 3.37. The van der Waals surface area contributed by atoms with Crippen LogP contribution in [0.25, 0.3) is 0 Å². The maximum Gasteiger partial charge on any atom is 0.132 e. The molecule has 0 bridgehead atoms. The first kappa shape index (κ1) is 12.3. The van der Waals surface area contributed by atoms with Crippen LogP contribution in [0.1, 0.15) is 58.3 Å². The van der Waals surface area contributed by atoms with Crippen molar-refractivity contribution in [1.29, 1.82) is 0 Å². The van der Waals surface area contributed by atoms with Crippen molar-refractivity contribution < 1.29 is 9.59 Å². The average Bonchev–Trinajstić information content (AvgIpc) is 2.16. The normalized spacial score (nSPS) is 9.92. The molecule has 0 fully saturated rings. The summed E-state index contributed by atoms with van der Waals surface area (Å²) in [4.78, 5) is 20.9. The monoisotopic (exact) mass is 184 g/mol. The van der Waals surface area contributed by atoms with Crippen molar-refractivity contribution in [1.82, 2.24) is 0 Å². The molecule has 0 spiro atoms. The summed E-state index contributed by atoms with van der Waals surface area (Å²) < 4.78 is 0. The Morgan fingerprint density at radius 3 is 2.31 bits per heavy atom. The topological polar surface area (TPSA) is 34.1 Å². The molecule has 0 aliphatic rings. The van der Waals surface area contributed by atoms with Gasteiger partial charge in [-0.2, -0.15) is 0 Å². The SMILES string of the molecule is CCC(=O)CCCCCCCC=O. The van der Waals surface area contributed by atoms with Gasteiger partial charge < -0.3 is 4.79 Å². The highest BCUT2D eigenvalue weighted by Gasteiger charge is 1.97. The van der Waals surface area contributed by atoms with E-state index in [1.54, 1.807) is 0 Å². The predicted molar refractivity (Wildman–Crippen MR) is 53.7 cm³/mol. The smallest absolute Gasteiger partial charge is 0.132 e. The third kappa shape index (κ3) is 9.25. The van der Waals surface area contributed by atoms with E-state index in [-0.39, 0.29) is 0 Å². The zero-order valence-corrected chi connectivity index (χ0v) is 8.55. The lowest BCUT2D eigenvalue weighted by Gasteiger charge is -1.98. The minimum Gasteiger partial charge on any atom is -0.303 e. The molecule has 2 nitrogen and oxygen atoms in total. The van der Waals surface area contributed by atoms with Crippen molar-refractivity contribution in [2.45, 2.75) is 58.3 Å². The summed E-state index contributed by atoms with van der Waals surface area (Å²) in [5.74, 6) is 0.368. The second-order valence-corrected chi connectivity index (χ2v) is 3.37. The Balaban J connectivity index is 2.99. The molecule has 0 unspecified atom stereocenters. The lowest BCUT2D eigenvalue weighted by atomic mass is 10.1. The highest BCUT2D eigenvalue weighted by Crippen LogP contribution is 2.07. The van der Waals surface area contributed by atoms with Crippen LogP contribution >= 0.6 is 0 Å². The lowest BCUT2D eigenvalue weighted by Crippen LogP contribution is -1.94. The highest BCUT2D eigenvalue weighted by atomic mass is 16.1. The summed E-state index contributed by atoms with van der Waals surface area (Å²) in [5, 5.41) is 0. The van der Waals surface area contributed by atoms with Crippen molar-refractivity contribution in [3.63, 3.8) is 0 Å². The Labute approximate surface area is 80.7 Å². The summed E-state index contributed by atoms with van der Waals surface area (Å²) in [6.07, 6.45) is 8.51. The van der Waals surface area contributed by atoms with Crippen LogP contribution in [-0.4, -0.2) is 12.1 Å². The van der Waals surface area contributed by atoms with E-state index in [2.05, 4.69) is 0 Å². The zero-order chi connectivity index (χ0) is 9.94. The average molecular weight is 184 g/mol. The molecule has 76 valence electrons. The van der Waals surface area contributed by atoms with Crippen LogP contribution in [0.5, 0.6) is 0 Å². The quantitative estimate of drug-likeness (QED) is 0.408. The fraction of sp³-hybridized carbons (Fsp3) is 0.818. The third-order valence-corrected chi connectivity index (χ3v) is 2.17. The van der Waals surface area contributed by atoms with E-state index in [4.69, 9.17) is 0 Å². The van der Waals surface area contributed by atoms with Gasteiger partial charge in [0, 0.05) is 19.3 Å². The number of ketones is 1. The van der Waals surface area contributed by atoms with Gasteiger partial charge in [0.2, 0.25) is 0 Å². The van der Waals surface area contributed by atoms with Gasteiger partial charge in [-0.1, -0.05) is 26.2 Å². The summed E-state index contributed by atoms with van der Waals surface area (Å²) in [6, 6.07) is 0. The molecule has 0 rings (SSSR count). The van der Waals surface area contributed by atoms with Gasteiger partial charge >= 0.3 is 0 Å². The number of hydrogen-bond acceptors (Lipinski definition) is 2. The van der Waals surface area contributed by atoms with E-state index < -0.39 is 0 Å². The fourth-order valence-electron chi connectivity index (χ4n) is 1.26. The molecule has 0 aromatic rings. The summed E-state index contributed by atoms with van der Waals surface area (Å²) in [5.41, 5.74) is 0. The molecule has 0 aliphatic carbocycles. The van der Waals surface area contributed by atoms with Crippen LogP contribution in [0.3, 0.4) is 0 Å². The first-order chi connectivity index (χ1) is 6.31. The van der Waals surface area contributed by atoms with Gasteiger partial charge in [0.25, 0.3) is 0 Å². The second kappa shape index (κ2) is 9.43. The third-order valence-electron chi connectivity index (χ3n) is 2.17. The Bertz CT molecular complexity index is 141. The molecule has 0 radical (unpaired) electrons. The number of carbonyl (C=O) groups excluding carboxylic acids is 2. The highest BCUT2D eigenvalue weighted by molar-refractivity contribution is 5.77. The van der Waals surface area contributed by atoms with Gasteiger partial charge in [0.05, 0.1) is 0 Å². The zero-order valence-electron chi connectivity index (χ0n) is 8.55. The van der Waals surface area contributed by atoms with Gasteiger partial charge in [0.1, 0.15) is 12.1 Å². The number of rotatable bonds is 9. The first-order valence-electron chi connectivity index (χ1n) is 5.26. The standard InChI is InChI=1S/C11H20O2/c1-2-11(13)9-7-5-3-4-6-8-10-12/h10H,2-9H2,1H3. The maximum atomic E-state index is 10.9. The summed E-state index contributed by atoms with van der Waals surface area (Å²) in [6.45, 7) is 1.91. The van der Waals surface area contributed by atoms with Crippen LogP contribution in [0.15, 0.2) is 0 Å². The van der Waals surface area contributed by atoms with Gasteiger partial charge in [-0.15, -0.1) is 0 Å². The maximum absolute atomic E-state index is 10.9. The number of unbranched alkanes of at least 4 members (excludes halogenated alkanes) is 5. The van der Waals surface area contributed by atoms with Crippen molar-refractivity contribution >= 4 is 12.1 Å². The Hall–Kier alpha value is -0.660. The number of aldehydes is 1. The van der Waals surface area contributed by atoms with E-state index in [0.717, 1.165) is 44.8 Å². The molecule has 0 aromatic carbocycles. The van der Waals surface area contributed by atoms with E-state index in [9.17, 15) is 9.59 Å². The van der Waals surface area contributed by atoms with Gasteiger partial charge in [-0.3, -0.25) is 4.79 Å². The Kier molecular flexibility index (Phi) is 8.95. The predicted octanol–water partition coefficient (Wildman–Crippen LogP) is 2.90. The lowest BCUT2D eigenvalue weighted by molar-refractivity contribution is -0.118. The van der Waals surface area contributed by atoms with Gasteiger partial charge in [0.15, 0.2) is 0 Å². The number of hydrogen-bond donors (Lipinski definition) is 0. The molecule has 2 heteroatoms. The molecule has 13 heavy (non-hydrogen) atoms. The van der Waals surface area contributed by atoms with E-state index in [0.29, 0.717) is 18.6 Å². The summed E-state index contributed by atoms with van der Waals surface area (Å²) in [7, 11) is 0. The molecule has 0 saturated carbocycles. The number of Topliss-reactive ketones (excluding diaryl/α,β-unsaturated/α-hetero) is 1. The molecule has 0 N–H and O–H groups in total. The van der Waals surface area contributed by atoms with Crippen LogP contribution in [0, 0.1) is 0 Å². The van der Waals surface area contributed by atoms with Crippen molar-refractivity contribution in [2.75, 3.05) is 0 Å². The molecule has 0 saturated heterocycles. The minimum atomic E-state index is 0.368. The molecule has 0 aliphatic heterocycles. The molecular weight excluding hydrogens is 164 g/mol. The molecule has 0 aromatic heterocycles.